The molecule has 0 saturated carbocycles. The molecule has 1 aliphatic rings. The van der Waals surface area contributed by atoms with Gasteiger partial charge in [-0.15, -0.1) is 0 Å². The van der Waals surface area contributed by atoms with E-state index in [4.69, 9.17) is 16.3 Å². The number of benzene rings is 1. The number of rotatable bonds is 4. The summed E-state index contributed by atoms with van der Waals surface area (Å²) in [6.45, 7) is 2.54. The van der Waals surface area contributed by atoms with E-state index in [1.165, 1.54) is 10.6 Å². The third-order valence-corrected chi connectivity index (χ3v) is 6.53. The van der Waals surface area contributed by atoms with Crippen LogP contribution in [0.5, 0.6) is 5.88 Å². The molecule has 6 nitrogen and oxygen atoms in total. The van der Waals surface area contributed by atoms with E-state index in [1.807, 2.05) is 0 Å². The van der Waals surface area contributed by atoms with E-state index < -0.39 is 10.0 Å². The summed E-state index contributed by atoms with van der Waals surface area (Å²) in [7, 11) is -3.54. The fourth-order valence-electron chi connectivity index (χ4n) is 2.72. The minimum atomic E-state index is -3.54. The molecule has 0 unspecified atom stereocenters. The Balaban J connectivity index is 1.69. The Morgan fingerprint density at radius 2 is 2.00 bits per heavy atom. The summed E-state index contributed by atoms with van der Waals surface area (Å²) in [6, 6.07) is 6.64. The average Bonchev–Trinajstić information content (AvgIpc) is 2.58. The second-order valence-corrected chi connectivity index (χ2v) is 7.95. The molecule has 1 aromatic heterocycles. The molecule has 1 aromatic carbocycles. The highest BCUT2D eigenvalue weighted by molar-refractivity contribution is 7.89. The largest absolute Gasteiger partial charge is 0.474 e. The van der Waals surface area contributed by atoms with Crippen LogP contribution in [0.25, 0.3) is 0 Å². The quantitative estimate of drug-likeness (QED) is 0.830. The molecule has 0 bridgehead atoms. The van der Waals surface area contributed by atoms with E-state index in [9.17, 15) is 8.42 Å². The van der Waals surface area contributed by atoms with E-state index in [-0.39, 0.29) is 11.0 Å². The predicted octanol–water partition coefficient (Wildman–Crippen LogP) is 2.67. The summed E-state index contributed by atoms with van der Waals surface area (Å²) in [4.78, 5) is 8.14. The van der Waals surface area contributed by atoms with Gasteiger partial charge in [-0.05, 0) is 37.5 Å². The number of piperidine rings is 1. The number of ether oxygens (including phenoxy) is 1. The van der Waals surface area contributed by atoms with Gasteiger partial charge >= 0.3 is 0 Å². The van der Waals surface area contributed by atoms with Crippen LogP contribution >= 0.6 is 11.6 Å². The Morgan fingerprint density at radius 3 is 2.67 bits per heavy atom. The summed E-state index contributed by atoms with van der Waals surface area (Å²) in [6.07, 6.45) is 4.22. The zero-order chi connectivity index (χ0) is 17.2. The van der Waals surface area contributed by atoms with Crippen LogP contribution < -0.4 is 4.74 Å². The van der Waals surface area contributed by atoms with Gasteiger partial charge in [0.05, 0.1) is 4.90 Å². The molecule has 1 saturated heterocycles. The predicted molar refractivity (Wildman–Crippen MR) is 90.6 cm³/mol. The molecular formula is C16H18ClN3O3S. The van der Waals surface area contributed by atoms with Gasteiger partial charge in [-0.2, -0.15) is 4.31 Å². The second-order valence-electron chi connectivity index (χ2n) is 5.63. The van der Waals surface area contributed by atoms with Gasteiger partial charge in [-0.1, -0.05) is 17.7 Å². The first kappa shape index (κ1) is 17.1. The Kier molecular flexibility index (Phi) is 5.03. The standard InChI is InChI=1S/C16H18ClN3O3S/c1-12-14(17)3-2-4-15(12)24(21,22)20-9-6-13(7-10-20)23-16-5-8-18-11-19-16/h2-5,8,11,13H,6-7,9-10H2,1H3. The number of hydrogen-bond acceptors (Lipinski definition) is 5. The van der Waals surface area contributed by atoms with Gasteiger partial charge in [0.1, 0.15) is 12.4 Å². The number of halogens is 1. The number of nitrogens with zero attached hydrogens (tertiary/aromatic N) is 3. The van der Waals surface area contributed by atoms with Crippen molar-refractivity contribution in [2.24, 2.45) is 0 Å². The third kappa shape index (κ3) is 3.53. The molecule has 128 valence electrons. The second kappa shape index (κ2) is 7.04. The van der Waals surface area contributed by atoms with Crippen molar-refractivity contribution in [2.75, 3.05) is 13.1 Å². The van der Waals surface area contributed by atoms with Gasteiger partial charge in [0.2, 0.25) is 15.9 Å². The van der Waals surface area contributed by atoms with Crippen molar-refractivity contribution < 1.29 is 13.2 Å². The molecule has 8 heteroatoms. The van der Waals surface area contributed by atoms with E-state index >= 15 is 0 Å². The lowest BCUT2D eigenvalue weighted by Crippen LogP contribution is -2.42. The van der Waals surface area contributed by atoms with Crippen molar-refractivity contribution in [3.63, 3.8) is 0 Å². The molecule has 0 spiro atoms. The van der Waals surface area contributed by atoms with Crippen molar-refractivity contribution >= 4 is 21.6 Å². The van der Waals surface area contributed by atoms with E-state index in [1.54, 1.807) is 37.4 Å². The first-order chi connectivity index (χ1) is 11.5. The highest BCUT2D eigenvalue weighted by Crippen LogP contribution is 2.28. The van der Waals surface area contributed by atoms with Gasteiger partial charge in [0, 0.05) is 30.4 Å². The molecule has 3 rings (SSSR count). The lowest BCUT2D eigenvalue weighted by atomic mass is 10.1. The summed E-state index contributed by atoms with van der Waals surface area (Å²) >= 11 is 6.06. The van der Waals surface area contributed by atoms with Gasteiger partial charge in [0.15, 0.2) is 0 Å². The van der Waals surface area contributed by atoms with E-state index in [2.05, 4.69) is 9.97 Å². The van der Waals surface area contributed by atoms with Crippen LogP contribution in [-0.4, -0.2) is 41.9 Å². The first-order valence-corrected chi connectivity index (χ1v) is 9.48. The monoisotopic (exact) mass is 367 g/mol. The van der Waals surface area contributed by atoms with Crippen LogP contribution in [0.3, 0.4) is 0 Å². The van der Waals surface area contributed by atoms with Gasteiger partial charge in [-0.3, -0.25) is 0 Å². The van der Waals surface area contributed by atoms with Crippen LogP contribution in [0.1, 0.15) is 18.4 Å². The molecule has 24 heavy (non-hydrogen) atoms. The topological polar surface area (TPSA) is 72.4 Å². The molecule has 0 aliphatic carbocycles. The summed E-state index contributed by atoms with van der Waals surface area (Å²) in [5.74, 6) is 0.511. The normalized spacial score (nSPS) is 16.9. The van der Waals surface area contributed by atoms with Crippen molar-refractivity contribution in [3.05, 3.63) is 47.4 Å². The van der Waals surface area contributed by atoms with E-state index in [0.29, 0.717) is 42.4 Å². The van der Waals surface area contributed by atoms with Crippen molar-refractivity contribution in [2.45, 2.75) is 30.8 Å². The Morgan fingerprint density at radius 1 is 1.25 bits per heavy atom. The maximum absolute atomic E-state index is 12.8. The molecule has 2 heterocycles. The number of aromatic nitrogens is 2. The zero-order valence-corrected chi connectivity index (χ0v) is 14.8. The Hall–Kier alpha value is -1.70. The van der Waals surface area contributed by atoms with Gasteiger partial charge in [0.25, 0.3) is 0 Å². The molecule has 0 N–H and O–H groups in total. The first-order valence-electron chi connectivity index (χ1n) is 7.66. The van der Waals surface area contributed by atoms with Crippen LogP contribution in [-0.2, 0) is 10.0 Å². The molecule has 1 fully saturated rings. The SMILES string of the molecule is Cc1c(Cl)cccc1S(=O)(=O)N1CCC(Oc2ccncn2)CC1. The van der Waals surface area contributed by atoms with Crippen molar-refractivity contribution in [3.8, 4) is 5.88 Å². The van der Waals surface area contributed by atoms with Crippen molar-refractivity contribution in [1.29, 1.82) is 0 Å². The maximum atomic E-state index is 12.8. The fraction of sp³-hybridized carbons (Fsp3) is 0.375. The Bertz CT molecular complexity index is 807. The highest BCUT2D eigenvalue weighted by atomic mass is 35.5. The van der Waals surface area contributed by atoms with Crippen LogP contribution in [0.15, 0.2) is 41.7 Å². The summed E-state index contributed by atoms with van der Waals surface area (Å²) in [5.41, 5.74) is 0.582. The third-order valence-electron chi connectivity index (χ3n) is 4.08. The van der Waals surface area contributed by atoms with Gasteiger partial charge in [-0.25, -0.2) is 18.4 Å². The average molecular weight is 368 g/mol. The van der Waals surface area contributed by atoms with Crippen molar-refractivity contribution in [1.82, 2.24) is 14.3 Å². The fourth-order valence-corrected chi connectivity index (χ4v) is 4.66. The van der Waals surface area contributed by atoms with Gasteiger partial charge < -0.3 is 4.74 Å². The van der Waals surface area contributed by atoms with E-state index in [0.717, 1.165) is 0 Å². The number of hydrogen-bond donors (Lipinski definition) is 0. The zero-order valence-electron chi connectivity index (χ0n) is 13.2. The maximum Gasteiger partial charge on any atom is 0.243 e. The molecule has 0 atom stereocenters. The lowest BCUT2D eigenvalue weighted by Gasteiger charge is -2.31. The van der Waals surface area contributed by atoms with Crippen LogP contribution in [0, 0.1) is 6.92 Å². The molecule has 2 aromatic rings. The number of sulfonamides is 1. The molecule has 1 aliphatic heterocycles. The summed E-state index contributed by atoms with van der Waals surface area (Å²) in [5, 5.41) is 0.457. The smallest absolute Gasteiger partial charge is 0.243 e. The molecule has 0 radical (unpaired) electrons. The minimum Gasteiger partial charge on any atom is -0.474 e. The Labute approximate surface area is 146 Å². The van der Waals surface area contributed by atoms with Crippen LogP contribution in [0.4, 0.5) is 0 Å². The minimum absolute atomic E-state index is 0.0493. The highest BCUT2D eigenvalue weighted by Gasteiger charge is 2.31. The van der Waals surface area contributed by atoms with Crippen LogP contribution in [0.2, 0.25) is 5.02 Å². The molecular weight excluding hydrogens is 350 g/mol. The lowest BCUT2D eigenvalue weighted by molar-refractivity contribution is 0.129. The summed E-state index contributed by atoms with van der Waals surface area (Å²) < 4.78 is 32.9. The molecule has 0 amide bonds.